The lowest BCUT2D eigenvalue weighted by molar-refractivity contribution is 0.0780. The van der Waals surface area contributed by atoms with Crippen LogP contribution in [0.1, 0.15) is 29.8 Å². The summed E-state index contributed by atoms with van der Waals surface area (Å²) >= 11 is 0. The Morgan fingerprint density at radius 2 is 1.80 bits per heavy atom. The molecule has 2 atom stereocenters. The summed E-state index contributed by atoms with van der Waals surface area (Å²) in [6.45, 7) is 9.76. The molecule has 0 aromatic heterocycles. The highest BCUT2D eigenvalue weighted by Crippen LogP contribution is 2.29. The molecule has 2 aliphatic heterocycles. The second kappa shape index (κ2) is 7.05. The average Bonchev–Trinajstić information content (AvgIpc) is 3.17. The largest absolute Gasteiger partial charge is 0.338 e. The van der Waals surface area contributed by atoms with Crippen molar-refractivity contribution in [2.75, 3.05) is 39.3 Å². The zero-order valence-electron chi connectivity index (χ0n) is 15.2. The molecule has 0 bridgehead atoms. The molecule has 0 spiro atoms. The number of rotatable bonds is 5. The lowest BCUT2D eigenvalue weighted by atomic mass is 10.0. The summed E-state index contributed by atoms with van der Waals surface area (Å²) in [4.78, 5) is 15.1. The van der Waals surface area contributed by atoms with Crippen molar-refractivity contribution in [1.29, 1.82) is 0 Å². The van der Waals surface area contributed by atoms with Crippen molar-refractivity contribution in [1.82, 2.24) is 14.5 Å². The van der Waals surface area contributed by atoms with Crippen LogP contribution in [0.3, 0.4) is 0 Å². The van der Waals surface area contributed by atoms with Gasteiger partial charge >= 0.3 is 0 Å². The molecule has 1 N–H and O–H groups in total. The molecule has 2 heterocycles. The van der Waals surface area contributed by atoms with Gasteiger partial charge in [-0.2, -0.15) is 4.31 Å². The molecule has 3 rings (SSSR count). The van der Waals surface area contributed by atoms with Gasteiger partial charge in [0.25, 0.3) is 5.91 Å². The Morgan fingerprint density at radius 3 is 2.36 bits per heavy atom. The third-order valence-electron chi connectivity index (χ3n) is 5.46. The highest BCUT2D eigenvalue weighted by molar-refractivity contribution is 7.89. The van der Waals surface area contributed by atoms with Crippen molar-refractivity contribution in [2.24, 2.45) is 11.8 Å². The Morgan fingerprint density at radius 1 is 1.20 bits per heavy atom. The Kier molecular flexibility index (Phi) is 5.18. The van der Waals surface area contributed by atoms with Gasteiger partial charge in [0.15, 0.2) is 0 Å². The molecule has 1 aromatic rings. The minimum Gasteiger partial charge on any atom is -0.338 e. The number of nitrogens with one attached hydrogen (secondary N) is 1. The first-order valence-electron chi connectivity index (χ1n) is 8.99. The van der Waals surface area contributed by atoms with Crippen LogP contribution >= 0.6 is 0 Å². The zero-order chi connectivity index (χ0) is 18.2. The molecule has 0 saturated carbocycles. The first-order chi connectivity index (χ1) is 11.9. The molecule has 0 aliphatic carbocycles. The molecule has 25 heavy (non-hydrogen) atoms. The van der Waals surface area contributed by atoms with E-state index in [-0.39, 0.29) is 10.8 Å². The summed E-state index contributed by atoms with van der Waals surface area (Å²) in [6, 6.07) is 4.89. The minimum atomic E-state index is -3.56. The van der Waals surface area contributed by atoms with E-state index < -0.39 is 10.0 Å². The van der Waals surface area contributed by atoms with Crippen molar-refractivity contribution >= 4 is 15.9 Å². The summed E-state index contributed by atoms with van der Waals surface area (Å²) in [7, 11) is -3.56. The second-order valence-corrected chi connectivity index (χ2v) is 8.89. The van der Waals surface area contributed by atoms with Crippen LogP contribution in [0.15, 0.2) is 23.1 Å². The number of likely N-dealkylation sites (tertiary alicyclic amines) is 1. The Hall–Kier alpha value is -1.44. The molecule has 0 unspecified atom stereocenters. The van der Waals surface area contributed by atoms with Gasteiger partial charge in [0, 0.05) is 44.8 Å². The highest BCUT2D eigenvalue weighted by Gasteiger charge is 2.38. The standard InChI is InChI=1S/C18H27N3O3S/c1-4-21(5-2)25(23,24)16-7-6-13(3)17(8-16)18(22)20-11-14-9-19-10-15(14)12-20/h6-8,14-15,19H,4-5,9-12H2,1-3H3/t14-,15+. The Labute approximate surface area is 150 Å². The van der Waals surface area contributed by atoms with Gasteiger partial charge in [-0.15, -0.1) is 0 Å². The SMILES string of the molecule is CCN(CC)S(=O)(=O)c1ccc(C)c(C(=O)N2C[C@H]3CNC[C@H]3C2)c1. The summed E-state index contributed by atoms with van der Waals surface area (Å²) in [5, 5.41) is 3.37. The molecule has 7 heteroatoms. The van der Waals surface area contributed by atoms with Gasteiger partial charge < -0.3 is 10.2 Å². The molecule has 2 aliphatic rings. The van der Waals surface area contributed by atoms with Gasteiger partial charge in [-0.25, -0.2) is 8.42 Å². The number of hydrogen-bond acceptors (Lipinski definition) is 4. The minimum absolute atomic E-state index is 0.0523. The molecule has 2 fully saturated rings. The van der Waals surface area contributed by atoms with Crippen molar-refractivity contribution < 1.29 is 13.2 Å². The number of aryl methyl sites for hydroxylation is 1. The highest BCUT2D eigenvalue weighted by atomic mass is 32.2. The lowest BCUT2D eigenvalue weighted by Gasteiger charge is -2.21. The molecule has 2 saturated heterocycles. The first-order valence-corrected chi connectivity index (χ1v) is 10.4. The molecule has 1 amide bonds. The number of carbonyl (C=O) groups is 1. The van der Waals surface area contributed by atoms with E-state index in [0.717, 1.165) is 31.7 Å². The van der Waals surface area contributed by atoms with Gasteiger partial charge in [0.1, 0.15) is 0 Å². The van der Waals surface area contributed by atoms with E-state index in [2.05, 4.69) is 5.32 Å². The fourth-order valence-corrected chi connectivity index (χ4v) is 5.38. The summed E-state index contributed by atoms with van der Waals surface area (Å²) < 4.78 is 26.9. The van der Waals surface area contributed by atoms with Crippen LogP contribution in [-0.4, -0.2) is 62.8 Å². The van der Waals surface area contributed by atoms with Gasteiger partial charge in [0.05, 0.1) is 4.90 Å². The normalized spacial score (nSPS) is 23.3. The topological polar surface area (TPSA) is 69.7 Å². The lowest BCUT2D eigenvalue weighted by Crippen LogP contribution is -2.33. The van der Waals surface area contributed by atoms with E-state index in [9.17, 15) is 13.2 Å². The third kappa shape index (κ3) is 3.32. The van der Waals surface area contributed by atoms with Crippen LogP contribution in [0.4, 0.5) is 0 Å². The first kappa shape index (κ1) is 18.4. The molecule has 6 nitrogen and oxygen atoms in total. The quantitative estimate of drug-likeness (QED) is 0.854. The van der Waals surface area contributed by atoms with Crippen LogP contribution in [-0.2, 0) is 10.0 Å². The second-order valence-electron chi connectivity index (χ2n) is 6.95. The predicted octanol–water partition coefficient (Wildman–Crippen LogP) is 1.32. The van der Waals surface area contributed by atoms with Crippen LogP contribution in [0.5, 0.6) is 0 Å². The average molecular weight is 365 g/mol. The smallest absolute Gasteiger partial charge is 0.254 e. The van der Waals surface area contributed by atoms with Crippen LogP contribution in [0, 0.1) is 18.8 Å². The number of amides is 1. The Bertz CT molecular complexity index is 747. The van der Waals surface area contributed by atoms with Crippen LogP contribution in [0.25, 0.3) is 0 Å². The molecular formula is C18H27N3O3S. The van der Waals surface area contributed by atoms with E-state index in [1.54, 1.807) is 18.2 Å². The van der Waals surface area contributed by atoms with Crippen LogP contribution < -0.4 is 5.32 Å². The molecule has 1 aromatic carbocycles. The van der Waals surface area contributed by atoms with Crippen molar-refractivity contribution in [3.8, 4) is 0 Å². The van der Waals surface area contributed by atoms with Crippen molar-refractivity contribution in [3.63, 3.8) is 0 Å². The van der Waals surface area contributed by atoms with E-state index in [0.29, 0.717) is 30.5 Å². The number of fused-ring (bicyclic) bond motifs is 1. The number of sulfonamides is 1. The number of hydrogen-bond donors (Lipinski definition) is 1. The molecule has 0 radical (unpaired) electrons. The monoisotopic (exact) mass is 365 g/mol. The van der Waals surface area contributed by atoms with E-state index in [1.165, 1.54) is 4.31 Å². The van der Waals surface area contributed by atoms with Gasteiger partial charge in [0.2, 0.25) is 10.0 Å². The maximum atomic E-state index is 13.0. The maximum absolute atomic E-state index is 13.0. The fraction of sp³-hybridized carbons (Fsp3) is 0.611. The molecular weight excluding hydrogens is 338 g/mol. The number of carbonyl (C=O) groups excluding carboxylic acids is 1. The van der Waals surface area contributed by atoms with Crippen molar-refractivity contribution in [2.45, 2.75) is 25.7 Å². The zero-order valence-corrected chi connectivity index (χ0v) is 16.0. The summed E-state index contributed by atoms with van der Waals surface area (Å²) in [6.07, 6.45) is 0. The Balaban J connectivity index is 1.88. The molecule has 138 valence electrons. The van der Waals surface area contributed by atoms with Crippen molar-refractivity contribution in [3.05, 3.63) is 29.3 Å². The number of benzene rings is 1. The van der Waals surface area contributed by atoms with Crippen LogP contribution in [0.2, 0.25) is 0 Å². The maximum Gasteiger partial charge on any atom is 0.254 e. The van der Waals surface area contributed by atoms with E-state index >= 15 is 0 Å². The fourth-order valence-electron chi connectivity index (χ4n) is 3.90. The van der Waals surface area contributed by atoms with Gasteiger partial charge in [-0.05, 0) is 36.5 Å². The predicted molar refractivity (Wildman–Crippen MR) is 97.0 cm³/mol. The van der Waals surface area contributed by atoms with Gasteiger partial charge in [-0.1, -0.05) is 19.9 Å². The van der Waals surface area contributed by atoms with E-state index in [1.807, 2.05) is 25.7 Å². The number of nitrogens with zero attached hydrogens (tertiary/aromatic N) is 2. The van der Waals surface area contributed by atoms with E-state index in [4.69, 9.17) is 0 Å². The summed E-state index contributed by atoms with van der Waals surface area (Å²) in [5.41, 5.74) is 1.32. The summed E-state index contributed by atoms with van der Waals surface area (Å²) in [5.74, 6) is 0.988. The van der Waals surface area contributed by atoms with Gasteiger partial charge in [-0.3, -0.25) is 4.79 Å². The third-order valence-corrected chi connectivity index (χ3v) is 7.51.